The number of carbonyl (C=O) groups excluding carboxylic acids is 3. The number of carbonyl (C=O) groups is 3. The fourth-order valence-corrected chi connectivity index (χ4v) is 2.95. The van der Waals surface area contributed by atoms with Crippen molar-refractivity contribution in [3.8, 4) is 0 Å². The van der Waals surface area contributed by atoms with Gasteiger partial charge in [0.1, 0.15) is 0 Å². The van der Waals surface area contributed by atoms with Gasteiger partial charge in [0, 0.05) is 18.9 Å². The topological polar surface area (TPSA) is 88.2 Å². The van der Waals surface area contributed by atoms with Crippen LogP contribution < -0.4 is 10.6 Å². The standard InChI is InChI=1S/C18H25N3O3/c1-12-8-9-19-11-15(12)17(23)21-13(2)16(22)18(24)20-10-14-6-4-3-5-7-14/h8-9,11,13-14H,3-7,10H2,1-2H3,(H,20,24)(H,21,23). The number of hydrogen-bond acceptors (Lipinski definition) is 4. The molecule has 1 atom stereocenters. The number of nitrogens with one attached hydrogen (secondary N) is 2. The molecular formula is C18H25N3O3. The first-order valence-electron chi connectivity index (χ1n) is 8.52. The van der Waals surface area contributed by atoms with E-state index in [1.54, 1.807) is 19.2 Å². The van der Waals surface area contributed by atoms with Gasteiger partial charge in [0.2, 0.25) is 5.78 Å². The Bertz CT molecular complexity index is 609. The summed E-state index contributed by atoms with van der Waals surface area (Å²) in [4.78, 5) is 40.2. The number of pyridine rings is 1. The number of Topliss-reactive ketones (excluding diaryl/α,β-unsaturated/α-hetero) is 1. The fraction of sp³-hybridized carbons (Fsp3) is 0.556. The van der Waals surface area contributed by atoms with Gasteiger partial charge in [-0.15, -0.1) is 0 Å². The van der Waals surface area contributed by atoms with Crippen LogP contribution in [0.4, 0.5) is 0 Å². The van der Waals surface area contributed by atoms with Gasteiger partial charge in [0.15, 0.2) is 0 Å². The quantitative estimate of drug-likeness (QED) is 0.778. The van der Waals surface area contributed by atoms with Crippen LogP contribution in [0.25, 0.3) is 0 Å². The number of aromatic nitrogens is 1. The molecule has 0 radical (unpaired) electrons. The van der Waals surface area contributed by atoms with Crippen molar-refractivity contribution in [3.05, 3.63) is 29.6 Å². The number of nitrogens with zero attached hydrogens (tertiary/aromatic N) is 1. The predicted octanol–water partition coefficient (Wildman–Crippen LogP) is 1.77. The lowest BCUT2D eigenvalue weighted by Crippen LogP contribution is -2.46. The molecule has 6 heteroatoms. The highest BCUT2D eigenvalue weighted by molar-refractivity contribution is 6.38. The summed E-state index contributed by atoms with van der Waals surface area (Å²) in [6.07, 6.45) is 8.86. The molecule has 0 aromatic carbocycles. The summed E-state index contributed by atoms with van der Waals surface area (Å²) in [5.41, 5.74) is 1.17. The zero-order valence-electron chi connectivity index (χ0n) is 14.3. The van der Waals surface area contributed by atoms with Crippen molar-refractivity contribution in [2.45, 2.75) is 52.0 Å². The van der Waals surface area contributed by atoms with Crippen molar-refractivity contribution >= 4 is 17.6 Å². The van der Waals surface area contributed by atoms with E-state index >= 15 is 0 Å². The molecular weight excluding hydrogens is 306 g/mol. The third kappa shape index (κ3) is 4.88. The molecule has 2 N–H and O–H groups in total. The van der Waals surface area contributed by atoms with Gasteiger partial charge in [0.05, 0.1) is 11.6 Å². The van der Waals surface area contributed by atoms with E-state index in [1.165, 1.54) is 32.4 Å². The average Bonchev–Trinajstić information content (AvgIpc) is 2.60. The smallest absolute Gasteiger partial charge is 0.289 e. The Kier molecular flexibility index (Phi) is 6.46. The molecule has 1 aliphatic carbocycles. The highest BCUT2D eigenvalue weighted by Crippen LogP contribution is 2.22. The van der Waals surface area contributed by atoms with E-state index in [0.29, 0.717) is 18.0 Å². The second kappa shape index (κ2) is 8.57. The van der Waals surface area contributed by atoms with Crippen molar-refractivity contribution in [2.75, 3.05) is 6.54 Å². The summed E-state index contributed by atoms with van der Waals surface area (Å²) in [7, 11) is 0. The SMILES string of the molecule is Cc1ccncc1C(=O)NC(C)C(=O)C(=O)NCC1CCCCC1. The van der Waals surface area contributed by atoms with E-state index in [9.17, 15) is 14.4 Å². The molecule has 6 nitrogen and oxygen atoms in total. The molecule has 1 fully saturated rings. The minimum Gasteiger partial charge on any atom is -0.349 e. The zero-order chi connectivity index (χ0) is 17.5. The lowest BCUT2D eigenvalue weighted by atomic mass is 9.89. The lowest BCUT2D eigenvalue weighted by Gasteiger charge is -2.22. The maximum Gasteiger partial charge on any atom is 0.289 e. The van der Waals surface area contributed by atoms with Crippen LogP contribution in [-0.4, -0.2) is 35.2 Å². The molecule has 1 saturated carbocycles. The molecule has 0 bridgehead atoms. The molecule has 130 valence electrons. The van der Waals surface area contributed by atoms with Gasteiger partial charge < -0.3 is 10.6 Å². The number of rotatable bonds is 6. The summed E-state index contributed by atoms with van der Waals surface area (Å²) < 4.78 is 0. The summed E-state index contributed by atoms with van der Waals surface area (Å²) in [6, 6.07) is 0.849. The maximum atomic E-state index is 12.2. The highest BCUT2D eigenvalue weighted by Gasteiger charge is 2.24. The van der Waals surface area contributed by atoms with Crippen LogP contribution in [0.5, 0.6) is 0 Å². The minimum atomic E-state index is -0.872. The van der Waals surface area contributed by atoms with Crippen LogP contribution in [0, 0.1) is 12.8 Å². The minimum absolute atomic E-state index is 0.401. The van der Waals surface area contributed by atoms with Crippen LogP contribution in [0.2, 0.25) is 0 Å². The van der Waals surface area contributed by atoms with E-state index in [0.717, 1.165) is 18.4 Å². The Morgan fingerprint density at radius 3 is 2.62 bits per heavy atom. The monoisotopic (exact) mass is 331 g/mol. The Labute approximate surface area is 142 Å². The Morgan fingerprint density at radius 1 is 1.25 bits per heavy atom. The number of amides is 2. The molecule has 1 aromatic rings. The summed E-state index contributed by atoms with van der Waals surface area (Å²) in [5.74, 6) is -1.20. The lowest BCUT2D eigenvalue weighted by molar-refractivity contribution is -0.138. The summed E-state index contributed by atoms with van der Waals surface area (Å²) in [5, 5.41) is 5.27. The molecule has 0 saturated heterocycles. The first-order valence-corrected chi connectivity index (χ1v) is 8.52. The van der Waals surface area contributed by atoms with Crippen molar-refractivity contribution in [1.82, 2.24) is 15.6 Å². The molecule has 1 aliphatic rings. The molecule has 2 rings (SSSR count). The van der Waals surface area contributed by atoms with Crippen molar-refractivity contribution in [2.24, 2.45) is 5.92 Å². The van der Waals surface area contributed by atoms with Gasteiger partial charge in [-0.1, -0.05) is 19.3 Å². The van der Waals surface area contributed by atoms with Crippen LogP contribution in [0.15, 0.2) is 18.5 Å². The Balaban J connectivity index is 1.83. The van der Waals surface area contributed by atoms with Crippen molar-refractivity contribution < 1.29 is 14.4 Å². The van der Waals surface area contributed by atoms with E-state index < -0.39 is 23.6 Å². The predicted molar refractivity (Wildman–Crippen MR) is 90.5 cm³/mol. The van der Waals surface area contributed by atoms with Crippen LogP contribution in [0.3, 0.4) is 0 Å². The van der Waals surface area contributed by atoms with Gasteiger partial charge in [-0.2, -0.15) is 0 Å². The normalized spacial score (nSPS) is 16.2. The molecule has 2 amide bonds. The van der Waals surface area contributed by atoms with Crippen LogP contribution in [-0.2, 0) is 9.59 Å². The first kappa shape index (κ1) is 18.1. The maximum absolute atomic E-state index is 12.2. The molecule has 24 heavy (non-hydrogen) atoms. The second-order valence-electron chi connectivity index (χ2n) is 6.46. The zero-order valence-corrected chi connectivity index (χ0v) is 14.3. The summed E-state index contributed by atoms with van der Waals surface area (Å²) >= 11 is 0. The molecule has 1 heterocycles. The van der Waals surface area contributed by atoms with E-state index in [-0.39, 0.29) is 0 Å². The largest absolute Gasteiger partial charge is 0.349 e. The van der Waals surface area contributed by atoms with Gasteiger partial charge in [-0.05, 0) is 44.2 Å². The average molecular weight is 331 g/mol. The Hall–Kier alpha value is -2.24. The van der Waals surface area contributed by atoms with Gasteiger partial charge >= 0.3 is 0 Å². The number of aryl methyl sites for hydroxylation is 1. The van der Waals surface area contributed by atoms with Gasteiger partial charge in [0.25, 0.3) is 11.8 Å². The molecule has 1 unspecified atom stereocenters. The summed E-state index contributed by atoms with van der Waals surface area (Å²) in [6.45, 7) is 3.85. The third-order valence-corrected chi connectivity index (χ3v) is 4.52. The Morgan fingerprint density at radius 2 is 1.96 bits per heavy atom. The number of ketones is 1. The molecule has 1 aromatic heterocycles. The van der Waals surface area contributed by atoms with E-state index in [2.05, 4.69) is 15.6 Å². The molecule has 0 aliphatic heterocycles. The van der Waals surface area contributed by atoms with E-state index in [1.807, 2.05) is 0 Å². The number of hydrogen-bond donors (Lipinski definition) is 2. The second-order valence-corrected chi connectivity index (χ2v) is 6.46. The van der Waals surface area contributed by atoms with Crippen molar-refractivity contribution in [3.63, 3.8) is 0 Å². The van der Waals surface area contributed by atoms with Gasteiger partial charge in [-0.3, -0.25) is 19.4 Å². The van der Waals surface area contributed by atoms with Gasteiger partial charge in [-0.25, -0.2) is 0 Å². The third-order valence-electron chi connectivity index (χ3n) is 4.52. The van der Waals surface area contributed by atoms with Crippen LogP contribution in [0.1, 0.15) is 54.9 Å². The van der Waals surface area contributed by atoms with Crippen LogP contribution >= 0.6 is 0 Å². The van der Waals surface area contributed by atoms with Crippen molar-refractivity contribution in [1.29, 1.82) is 0 Å². The van der Waals surface area contributed by atoms with E-state index in [4.69, 9.17) is 0 Å². The highest BCUT2D eigenvalue weighted by atomic mass is 16.2. The fourth-order valence-electron chi connectivity index (χ4n) is 2.95. The molecule has 0 spiro atoms. The first-order chi connectivity index (χ1) is 11.5.